The molecule has 1 N–H and O–H groups in total. The predicted molar refractivity (Wildman–Crippen MR) is 80.8 cm³/mol. The molecule has 0 aromatic heterocycles. The third kappa shape index (κ3) is 6.64. The van der Waals surface area contributed by atoms with E-state index in [2.05, 4.69) is 18.3 Å². The van der Waals surface area contributed by atoms with Crippen LogP contribution in [0.15, 0.2) is 29.2 Å². The summed E-state index contributed by atoms with van der Waals surface area (Å²) in [5.74, 6) is 1.07. The number of hydrogen-bond donors (Lipinski definition) is 1. The van der Waals surface area contributed by atoms with Gasteiger partial charge in [0.25, 0.3) is 0 Å². The maximum Gasteiger partial charge on any atom is 0.0462 e. The van der Waals surface area contributed by atoms with Gasteiger partial charge in [0.2, 0.25) is 0 Å². The maximum absolute atomic E-state index is 5.98. The molecule has 1 atom stereocenters. The Kier molecular flexibility index (Phi) is 8.51. The van der Waals surface area contributed by atoms with E-state index in [1.54, 1.807) is 7.11 Å². The fourth-order valence-electron chi connectivity index (χ4n) is 1.76. The van der Waals surface area contributed by atoms with Gasteiger partial charge < -0.3 is 10.1 Å². The third-order valence-electron chi connectivity index (χ3n) is 2.64. The largest absolute Gasteiger partial charge is 0.385 e. The van der Waals surface area contributed by atoms with Crippen LogP contribution in [0.1, 0.15) is 19.8 Å². The lowest BCUT2D eigenvalue weighted by Gasteiger charge is -2.17. The minimum Gasteiger partial charge on any atom is -0.385 e. The lowest BCUT2D eigenvalue weighted by atomic mass is 10.2. The van der Waals surface area contributed by atoms with Crippen LogP contribution in [0.2, 0.25) is 5.02 Å². The average Bonchev–Trinajstić information content (AvgIpc) is 2.36. The second-order valence-corrected chi connectivity index (χ2v) is 5.69. The Morgan fingerprint density at radius 1 is 1.44 bits per heavy atom. The van der Waals surface area contributed by atoms with Crippen molar-refractivity contribution in [3.8, 4) is 0 Å². The quantitative estimate of drug-likeness (QED) is 0.551. The Hall–Kier alpha value is -0.220. The summed E-state index contributed by atoms with van der Waals surface area (Å²) >= 11 is 7.83. The number of methoxy groups -OCH3 is 1. The molecular weight excluding hydrogens is 266 g/mol. The van der Waals surface area contributed by atoms with Gasteiger partial charge in [-0.05, 0) is 37.6 Å². The highest BCUT2D eigenvalue weighted by molar-refractivity contribution is 7.99. The van der Waals surface area contributed by atoms with E-state index in [4.69, 9.17) is 16.3 Å². The molecule has 0 fully saturated rings. The van der Waals surface area contributed by atoms with Gasteiger partial charge in [-0.1, -0.05) is 24.6 Å². The number of hydrogen-bond acceptors (Lipinski definition) is 3. The fraction of sp³-hybridized carbons (Fsp3) is 0.571. The van der Waals surface area contributed by atoms with Crippen molar-refractivity contribution in [3.63, 3.8) is 0 Å². The highest BCUT2D eigenvalue weighted by Crippen LogP contribution is 2.23. The van der Waals surface area contributed by atoms with Gasteiger partial charge in [-0.15, -0.1) is 11.8 Å². The Balaban J connectivity index is 2.36. The van der Waals surface area contributed by atoms with Crippen LogP contribution in [0.3, 0.4) is 0 Å². The Labute approximate surface area is 119 Å². The minimum absolute atomic E-state index is 0.536. The van der Waals surface area contributed by atoms with Gasteiger partial charge in [-0.25, -0.2) is 0 Å². The molecule has 1 aromatic rings. The molecule has 18 heavy (non-hydrogen) atoms. The predicted octanol–water partition coefficient (Wildman–Crippen LogP) is 3.84. The van der Waals surface area contributed by atoms with Gasteiger partial charge in [-0.2, -0.15) is 0 Å². The smallest absolute Gasteiger partial charge is 0.0462 e. The average molecular weight is 288 g/mol. The zero-order chi connectivity index (χ0) is 13.2. The molecule has 1 aromatic carbocycles. The molecule has 0 amide bonds. The molecule has 0 radical (unpaired) electrons. The van der Waals surface area contributed by atoms with E-state index in [0.717, 1.165) is 36.8 Å². The lowest BCUT2D eigenvalue weighted by molar-refractivity contribution is 0.190. The first-order chi connectivity index (χ1) is 8.76. The van der Waals surface area contributed by atoms with Crippen LogP contribution < -0.4 is 5.32 Å². The molecule has 0 saturated heterocycles. The summed E-state index contributed by atoms with van der Waals surface area (Å²) in [6.07, 6.45) is 2.25. The van der Waals surface area contributed by atoms with Gasteiger partial charge in [0.1, 0.15) is 0 Å². The Morgan fingerprint density at radius 2 is 2.28 bits per heavy atom. The monoisotopic (exact) mass is 287 g/mol. The van der Waals surface area contributed by atoms with Gasteiger partial charge in [0, 0.05) is 35.4 Å². The summed E-state index contributed by atoms with van der Waals surface area (Å²) < 4.78 is 5.10. The SMILES string of the molecule is CCNC(CCCOC)CSc1cccc(Cl)c1. The second kappa shape index (κ2) is 9.68. The van der Waals surface area contributed by atoms with Gasteiger partial charge >= 0.3 is 0 Å². The van der Waals surface area contributed by atoms with Crippen molar-refractivity contribution in [1.29, 1.82) is 0 Å². The summed E-state index contributed by atoms with van der Waals surface area (Å²) in [5.41, 5.74) is 0. The number of benzene rings is 1. The number of rotatable bonds is 9. The maximum atomic E-state index is 5.98. The minimum atomic E-state index is 0.536. The molecular formula is C14H22ClNOS. The first kappa shape index (κ1) is 15.8. The molecule has 0 bridgehead atoms. The number of halogens is 1. The van der Waals surface area contributed by atoms with Crippen LogP contribution in [-0.2, 0) is 4.74 Å². The second-order valence-electron chi connectivity index (χ2n) is 4.16. The lowest BCUT2D eigenvalue weighted by Crippen LogP contribution is -2.31. The third-order valence-corrected chi connectivity index (χ3v) is 4.03. The van der Waals surface area contributed by atoms with Crippen LogP contribution in [0, 0.1) is 0 Å². The van der Waals surface area contributed by atoms with Crippen molar-refractivity contribution in [2.75, 3.05) is 26.0 Å². The van der Waals surface area contributed by atoms with Crippen LogP contribution in [-0.4, -0.2) is 32.1 Å². The first-order valence-electron chi connectivity index (χ1n) is 6.37. The summed E-state index contributed by atoms with van der Waals surface area (Å²) in [7, 11) is 1.75. The Bertz CT molecular complexity index is 335. The molecule has 1 rings (SSSR count). The van der Waals surface area contributed by atoms with E-state index in [9.17, 15) is 0 Å². The van der Waals surface area contributed by atoms with Crippen molar-refractivity contribution >= 4 is 23.4 Å². The number of ether oxygens (including phenoxy) is 1. The van der Waals surface area contributed by atoms with Crippen molar-refractivity contribution in [3.05, 3.63) is 29.3 Å². The molecule has 102 valence electrons. The zero-order valence-electron chi connectivity index (χ0n) is 11.1. The molecule has 1 unspecified atom stereocenters. The van der Waals surface area contributed by atoms with Crippen LogP contribution in [0.5, 0.6) is 0 Å². The van der Waals surface area contributed by atoms with Crippen molar-refractivity contribution in [2.24, 2.45) is 0 Å². The first-order valence-corrected chi connectivity index (χ1v) is 7.73. The van der Waals surface area contributed by atoms with Gasteiger partial charge in [0.05, 0.1) is 0 Å². The molecule has 0 aliphatic carbocycles. The van der Waals surface area contributed by atoms with E-state index in [1.807, 2.05) is 30.0 Å². The van der Waals surface area contributed by atoms with E-state index in [1.165, 1.54) is 4.90 Å². The summed E-state index contributed by atoms with van der Waals surface area (Å²) in [4.78, 5) is 1.23. The normalized spacial score (nSPS) is 12.6. The van der Waals surface area contributed by atoms with Crippen LogP contribution in [0.25, 0.3) is 0 Å². The summed E-state index contributed by atoms with van der Waals surface area (Å²) in [6, 6.07) is 8.57. The molecule has 0 spiro atoms. The van der Waals surface area contributed by atoms with Crippen molar-refractivity contribution in [2.45, 2.75) is 30.7 Å². The van der Waals surface area contributed by atoms with E-state index >= 15 is 0 Å². The molecule has 0 aliphatic rings. The van der Waals surface area contributed by atoms with E-state index < -0.39 is 0 Å². The topological polar surface area (TPSA) is 21.3 Å². The van der Waals surface area contributed by atoms with Crippen LogP contribution in [0.4, 0.5) is 0 Å². The number of thioether (sulfide) groups is 1. The Morgan fingerprint density at radius 3 is 2.94 bits per heavy atom. The van der Waals surface area contributed by atoms with Crippen LogP contribution >= 0.6 is 23.4 Å². The number of nitrogens with one attached hydrogen (secondary N) is 1. The standard InChI is InChI=1S/C14H22ClNOS/c1-3-16-13(7-5-9-17-2)11-18-14-8-4-6-12(15)10-14/h4,6,8,10,13,16H,3,5,7,9,11H2,1-2H3. The molecule has 4 heteroatoms. The summed E-state index contributed by atoms with van der Waals surface area (Å²) in [6.45, 7) is 3.99. The molecule has 0 saturated carbocycles. The van der Waals surface area contributed by atoms with Gasteiger partial charge in [0.15, 0.2) is 0 Å². The highest BCUT2D eigenvalue weighted by atomic mass is 35.5. The fourth-order valence-corrected chi connectivity index (χ4v) is 3.08. The van der Waals surface area contributed by atoms with Gasteiger partial charge in [-0.3, -0.25) is 0 Å². The molecule has 0 heterocycles. The zero-order valence-corrected chi connectivity index (χ0v) is 12.7. The molecule has 0 aliphatic heterocycles. The van der Waals surface area contributed by atoms with E-state index in [0.29, 0.717) is 6.04 Å². The summed E-state index contributed by atoms with van der Waals surface area (Å²) in [5, 5.41) is 4.32. The van der Waals surface area contributed by atoms with Crippen molar-refractivity contribution < 1.29 is 4.74 Å². The van der Waals surface area contributed by atoms with E-state index in [-0.39, 0.29) is 0 Å². The van der Waals surface area contributed by atoms with Crippen molar-refractivity contribution in [1.82, 2.24) is 5.32 Å². The highest BCUT2D eigenvalue weighted by Gasteiger charge is 2.07. The molecule has 2 nitrogen and oxygen atoms in total.